The molecular weight excluding hydrogens is 393 g/mol. The number of pyridine rings is 1. The Bertz CT molecular complexity index is 1080. The van der Waals surface area contributed by atoms with Crippen molar-refractivity contribution in [2.45, 2.75) is 25.4 Å². The first-order valence-corrected chi connectivity index (χ1v) is 10.3. The molecule has 5 rings (SSSR count). The number of ether oxygens (including phenoxy) is 2. The fourth-order valence-electron chi connectivity index (χ4n) is 4.84. The Morgan fingerprint density at radius 1 is 1.27 bits per heavy atom. The van der Waals surface area contributed by atoms with E-state index in [0.29, 0.717) is 49.3 Å². The lowest BCUT2D eigenvalue weighted by Crippen LogP contribution is -2.44. The van der Waals surface area contributed by atoms with Crippen molar-refractivity contribution in [1.29, 1.82) is 0 Å². The molecule has 30 heavy (non-hydrogen) atoms. The van der Waals surface area contributed by atoms with E-state index in [-0.39, 0.29) is 23.6 Å². The van der Waals surface area contributed by atoms with Crippen LogP contribution in [0.3, 0.4) is 0 Å². The van der Waals surface area contributed by atoms with Gasteiger partial charge in [0.15, 0.2) is 11.6 Å². The van der Waals surface area contributed by atoms with E-state index in [0.717, 1.165) is 19.5 Å². The van der Waals surface area contributed by atoms with Crippen LogP contribution in [0.4, 0.5) is 10.1 Å². The smallest absolute Gasteiger partial charge is 0.341 e. The lowest BCUT2D eigenvalue weighted by Gasteiger charge is -2.33. The van der Waals surface area contributed by atoms with Gasteiger partial charge in [-0.3, -0.25) is 9.69 Å². The van der Waals surface area contributed by atoms with Gasteiger partial charge < -0.3 is 24.0 Å². The van der Waals surface area contributed by atoms with Gasteiger partial charge in [-0.2, -0.15) is 0 Å². The number of carbonyl (C=O) groups is 1. The van der Waals surface area contributed by atoms with E-state index in [9.17, 15) is 14.7 Å². The van der Waals surface area contributed by atoms with Gasteiger partial charge in [0.05, 0.1) is 30.2 Å². The van der Waals surface area contributed by atoms with E-state index >= 15 is 4.39 Å². The molecular formula is C21H24FN3O5. The van der Waals surface area contributed by atoms with Crippen molar-refractivity contribution in [2.75, 3.05) is 50.9 Å². The Morgan fingerprint density at radius 3 is 2.77 bits per heavy atom. The van der Waals surface area contributed by atoms with Crippen molar-refractivity contribution in [1.82, 2.24) is 9.47 Å². The summed E-state index contributed by atoms with van der Waals surface area (Å²) in [5, 5.41) is 9.45. The summed E-state index contributed by atoms with van der Waals surface area (Å²) in [5.41, 5.74) is -0.218. The predicted octanol–water partition coefficient (Wildman–Crippen LogP) is 1.70. The van der Waals surface area contributed by atoms with Crippen LogP contribution in [0, 0.1) is 5.82 Å². The van der Waals surface area contributed by atoms with E-state index in [2.05, 4.69) is 4.90 Å². The number of rotatable bonds is 3. The highest BCUT2D eigenvalue weighted by Gasteiger charge is 2.35. The quantitative estimate of drug-likeness (QED) is 0.814. The average Bonchev–Trinajstić information content (AvgIpc) is 3.22. The minimum atomic E-state index is -1.32. The summed E-state index contributed by atoms with van der Waals surface area (Å²) in [6, 6.07) is 1.31. The number of aromatic carboxylic acids is 1. The average molecular weight is 417 g/mol. The Morgan fingerprint density at radius 2 is 2.03 bits per heavy atom. The normalized spacial score (nSPS) is 24.3. The molecule has 0 bridgehead atoms. The summed E-state index contributed by atoms with van der Waals surface area (Å²) < 4.78 is 28.4. The van der Waals surface area contributed by atoms with Gasteiger partial charge in [0.2, 0.25) is 5.43 Å². The van der Waals surface area contributed by atoms with E-state index in [1.54, 1.807) is 4.57 Å². The zero-order valence-corrected chi connectivity index (χ0v) is 16.8. The SMILES string of the molecule is C[C@H]1COc2c(N3CC[C@@H](N4CCOCC4)C3)c(F)cc3c(=O)c(C(=O)O)cn1c23. The van der Waals surface area contributed by atoms with Crippen LogP contribution < -0.4 is 15.1 Å². The van der Waals surface area contributed by atoms with Gasteiger partial charge in [0.1, 0.15) is 17.9 Å². The monoisotopic (exact) mass is 417 g/mol. The maximum absolute atomic E-state index is 15.3. The van der Waals surface area contributed by atoms with Gasteiger partial charge in [0.25, 0.3) is 0 Å². The van der Waals surface area contributed by atoms with E-state index < -0.39 is 17.2 Å². The molecule has 1 aromatic heterocycles. The minimum absolute atomic E-state index is 0.0432. The highest BCUT2D eigenvalue weighted by molar-refractivity contribution is 5.97. The standard InChI is InChI=1S/C21H24FN3O5/c1-12-11-30-20-17-14(19(26)15(21(27)28)10-25(12)17)8-16(22)18(20)24-3-2-13(9-24)23-4-6-29-7-5-23/h8,10,12-13H,2-7,9,11H2,1H3,(H,27,28)/t12-,13+/m0/s1. The molecule has 8 nitrogen and oxygen atoms in total. The third-order valence-electron chi connectivity index (χ3n) is 6.41. The maximum atomic E-state index is 15.3. The molecule has 0 spiro atoms. The maximum Gasteiger partial charge on any atom is 0.341 e. The Kier molecular flexibility index (Phi) is 4.67. The second kappa shape index (κ2) is 7.24. The molecule has 0 unspecified atom stereocenters. The van der Waals surface area contributed by atoms with Gasteiger partial charge in [-0.15, -0.1) is 0 Å². The first-order chi connectivity index (χ1) is 14.5. The third kappa shape index (κ3) is 2.95. The molecule has 2 aromatic rings. The number of carboxylic acids is 1. The minimum Gasteiger partial charge on any atom is -0.487 e. The summed E-state index contributed by atoms with van der Waals surface area (Å²) in [4.78, 5) is 28.6. The molecule has 0 saturated carbocycles. The number of anilines is 1. The van der Waals surface area contributed by atoms with Gasteiger partial charge >= 0.3 is 5.97 Å². The molecule has 4 heterocycles. The van der Waals surface area contributed by atoms with E-state index in [1.165, 1.54) is 12.3 Å². The van der Waals surface area contributed by atoms with Crippen LogP contribution in [-0.4, -0.2) is 72.6 Å². The molecule has 0 amide bonds. The number of hydrogen-bond acceptors (Lipinski definition) is 6. The number of halogens is 1. The fourth-order valence-corrected chi connectivity index (χ4v) is 4.84. The van der Waals surface area contributed by atoms with Crippen LogP contribution in [0.1, 0.15) is 29.7 Å². The number of hydrogen-bond donors (Lipinski definition) is 1. The van der Waals surface area contributed by atoms with Crippen molar-refractivity contribution in [2.24, 2.45) is 0 Å². The highest BCUT2D eigenvalue weighted by Crippen LogP contribution is 2.43. The van der Waals surface area contributed by atoms with Gasteiger partial charge in [-0.05, 0) is 19.4 Å². The number of carboxylic acid groups (broad SMARTS) is 1. The fraction of sp³-hybridized carbons (Fsp3) is 0.524. The summed E-state index contributed by atoms with van der Waals surface area (Å²) in [7, 11) is 0. The Balaban J connectivity index is 1.61. The van der Waals surface area contributed by atoms with Gasteiger partial charge in [-0.1, -0.05) is 0 Å². The molecule has 0 radical (unpaired) electrons. The van der Waals surface area contributed by atoms with Gasteiger partial charge in [-0.25, -0.2) is 9.18 Å². The summed E-state index contributed by atoms with van der Waals surface area (Å²) in [6.45, 7) is 6.69. The molecule has 1 N–H and O–H groups in total. The molecule has 2 saturated heterocycles. The molecule has 9 heteroatoms. The van der Waals surface area contributed by atoms with Crippen LogP contribution >= 0.6 is 0 Å². The van der Waals surface area contributed by atoms with Crippen molar-refractivity contribution >= 4 is 22.6 Å². The Labute approximate surface area is 172 Å². The van der Waals surface area contributed by atoms with Crippen LogP contribution in [0.15, 0.2) is 17.1 Å². The van der Waals surface area contributed by atoms with Crippen LogP contribution in [0.25, 0.3) is 10.9 Å². The third-order valence-corrected chi connectivity index (χ3v) is 6.41. The second-order valence-electron chi connectivity index (χ2n) is 8.21. The zero-order valence-electron chi connectivity index (χ0n) is 16.8. The number of nitrogens with zero attached hydrogens (tertiary/aromatic N) is 3. The lowest BCUT2D eigenvalue weighted by atomic mass is 10.1. The first kappa shape index (κ1) is 19.3. The van der Waals surface area contributed by atoms with Crippen molar-refractivity contribution in [3.05, 3.63) is 33.9 Å². The number of benzene rings is 1. The molecule has 160 valence electrons. The summed E-state index contributed by atoms with van der Waals surface area (Å²) >= 11 is 0. The van der Waals surface area contributed by atoms with Crippen LogP contribution in [-0.2, 0) is 4.74 Å². The van der Waals surface area contributed by atoms with Crippen LogP contribution in [0.2, 0.25) is 0 Å². The predicted molar refractivity (Wildman–Crippen MR) is 108 cm³/mol. The van der Waals surface area contributed by atoms with Gasteiger partial charge in [0, 0.05) is 38.4 Å². The largest absolute Gasteiger partial charge is 0.487 e. The summed E-state index contributed by atoms with van der Waals surface area (Å²) in [5.74, 6) is -1.54. The molecule has 3 aliphatic heterocycles. The molecule has 3 aliphatic rings. The Hall–Kier alpha value is -2.65. The number of morpholine rings is 1. The number of aromatic nitrogens is 1. The first-order valence-electron chi connectivity index (χ1n) is 10.3. The highest BCUT2D eigenvalue weighted by atomic mass is 19.1. The molecule has 1 aromatic carbocycles. The summed E-state index contributed by atoms with van der Waals surface area (Å²) in [6.07, 6.45) is 2.27. The molecule has 0 aliphatic carbocycles. The van der Waals surface area contributed by atoms with Crippen molar-refractivity contribution in [3.63, 3.8) is 0 Å². The van der Waals surface area contributed by atoms with Crippen molar-refractivity contribution in [3.8, 4) is 5.75 Å². The molecule has 2 atom stereocenters. The molecule has 2 fully saturated rings. The zero-order chi connectivity index (χ0) is 21.0. The second-order valence-corrected chi connectivity index (χ2v) is 8.21. The lowest BCUT2D eigenvalue weighted by molar-refractivity contribution is 0.0209. The topological polar surface area (TPSA) is 84.2 Å². The van der Waals surface area contributed by atoms with E-state index in [1.807, 2.05) is 11.8 Å². The van der Waals surface area contributed by atoms with E-state index in [4.69, 9.17) is 9.47 Å². The van der Waals surface area contributed by atoms with Crippen LogP contribution in [0.5, 0.6) is 5.75 Å². The van der Waals surface area contributed by atoms with Crippen molar-refractivity contribution < 1.29 is 23.8 Å².